The predicted molar refractivity (Wildman–Crippen MR) is 71.1 cm³/mol. The summed E-state index contributed by atoms with van der Waals surface area (Å²) in [5.41, 5.74) is 0.522. The number of pyridine rings is 1. The quantitative estimate of drug-likeness (QED) is 0.887. The van der Waals surface area contributed by atoms with E-state index in [9.17, 15) is 9.59 Å². The van der Waals surface area contributed by atoms with Gasteiger partial charge in [-0.2, -0.15) is 0 Å². The van der Waals surface area contributed by atoms with Crippen molar-refractivity contribution in [3.63, 3.8) is 0 Å². The number of aromatic nitrogens is 1. The zero-order chi connectivity index (χ0) is 14.0. The lowest BCUT2D eigenvalue weighted by molar-refractivity contribution is 0.0933. The Morgan fingerprint density at radius 2 is 2.11 bits per heavy atom. The van der Waals surface area contributed by atoms with Crippen molar-refractivity contribution in [2.75, 3.05) is 0 Å². The molecule has 0 aliphatic heterocycles. The van der Waals surface area contributed by atoms with Gasteiger partial charge in [0, 0.05) is 18.0 Å². The molecule has 0 saturated carbocycles. The summed E-state index contributed by atoms with van der Waals surface area (Å²) in [4.78, 5) is 26.5. The minimum atomic E-state index is -0.414. The molecule has 0 aliphatic carbocycles. The van der Waals surface area contributed by atoms with E-state index >= 15 is 0 Å². The van der Waals surface area contributed by atoms with Crippen molar-refractivity contribution in [1.82, 2.24) is 10.3 Å². The third kappa shape index (κ3) is 2.93. The summed E-state index contributed by atoms with van der Waals surface area (Å²) in [5, 5.41) is 2.73. The Labute approximate surface area is 110 Å². The number of furan rings is 1. The molecule has 0 aromatic carbocycles. The molecule has 1 amide bonds. The van der Waals surface area contributed by atoms with Gasteiger partial charge in [0.2, 0.25) is 0 Å². The van der Waals surface area contributed by atoms with E-state index in [1.807, 2.05) is 13.0 Å². The lowest BCUT2D eigenvalue weighted by Gasteiger charge is -2.11. The number of hydrogen-bond acceptors (Lipinski definition) is 3. The maximum Gasteiger partial charge on any atom is 0.257 e. The van der Waals surface area contributed by atoms with Gasteiger partial charge in [-0.25, -0.2) is 0 Å². The van der Waals surface area contributed by atoms with Crippen LogP contribution in [0.3, 0.4) is 0 Å². The average Bonchev–Trinajstić information content (AvgIpc) is 2.75. The van der Waals surface area contributed by atoms with Crippen LogP contribution in [0.25, 0.3) is 0 Å². The molecule has 0 spiro atoms. The molecule has 100 valence electrons. The third-order valence-corrected chi connectivity index (χ3v) is 2.84. The molecule has 2 aromatic rings. The molecule has 2 aromatic heterocycles. The van der Waals surface area contributed by atoms with E-state index in [1.165, 1.54) is 12.3 Å². The first-order chi connectivity index (χ1) is 8.97. The Kier molecular flexibility index (Phi) is 3.55. The average molecular weight is 260 g/mol. The van der Waals surface area contributed by atoms with E-state index < -0.39 is 5.91 Å². The highest BCUT2D eigenvalue weighted by molar-refractivity contribution is 5.93. The third-order valence-electron chi connectivity index (χ3n) is 2.84. The maximum atomic E-state index is 12.0. The summed E-state index contributed by atoms with van der Waals surface area (Å²) in [6.07, 6.45) is 1.42. The Balaban J connectivity index is 2.15. The minimum absolute atomic E-state index is 0.0979. The van der Waals surface area contributed by atoms with Gasteiger partial charge in [0.15, 0.2) is 5.43 Å². The highest BCUT2D eigenvalue weighted by atomic mass is 16.3. The fourth-order valence-corrected chi connectivity index (χ4v) is 1.78. The van der Waals surface area contributed by atoms with Crippen molar-refractivity contribution in [2.24, 2.45) is 0 Å². The van der Waals surface area contributed by atoms with E-state index in [0.717, 1.165) is 11.5 Å². The summed E-state index contributed by atoms with van der Waals surface area (Å²) >= 11 is 0. The maximum absolute atomic E-state index is 12.0. The van der Waals surface area contributed by atoms with Crippen LogP contribution in [0.1, 0.15) is 40.5 Å². The highest BCUT2D eigenvalue weighted by Crippen LogP contribution is 2.15. The van der Waals surface area contributed by atoms with E-state index in [4.69, 9.17) is 4.42 Å². The van der Waals surface area contributed by atoms with E-state index in [2.05, 4.69) is 10.3 Å². The minimum Gasteiger partial charge on any atom is -0.464 e. The van der Waals surface area contributed by atoms with Crippen molar-refractivity contribution in [3.05, 3.63) is 57.4 Å². The topological polar surface area (TPSA) is 75.1 Å². The molecule has 5 nitrogen and oxygen atoms in total. The van der Waals surface area contributed by atoms with Crippen molar-refractivity contribution >= 4 is 5.91 Å². The Hall–Kier alpha value is -2.30. The van der Waals surface area contributed by atoms with E-state index in [1.54, 1.807) is 19.9 Å². The molecule has 0 radical (unpaired) electrons. The molecular formula is C14H16N2O3. The molecular weight excluding hydrogens is 244 g/mol. The molecule has 0 aliphatic rings. The second kappa shape index (κ2) is 5.14. The number of aromatic amines is 1. The fourth-order valence-electron chi connectivity index (χ4n) is 1.78. The zero-order valence-corrected chi connectivity index (χ0v) is 11.1. The highest BCUT2D eigenvalue weighted by Gasteiger charge is 2.16. The molecule has 0 bridgehead atoms. The lowest BCUT2D eigenvalue weighted by Crippen LogP contribution is -2.30. The van der Waals surface area contributed by atoms with Gasteiger partial charge in [0.05, 0.1) is 6.04 Å². The largest absolute Gasteiger partial charge is 0.464 e. The van der Waals surface area contributed by atoms with Gasteiger partial charge in [-0.15, -0.1) is 0 Å². The number of hydrogen-bond donors (Lipinski definition) is 2. The molecule has 1 atom stereocenters. The van der Waals surface area contributed by atoms with Crippen molar-refractivity contribution in [2.45, 2.75) is 26.8 Å². The van der Waals surface area contributed by atoms with Crippen LogP contribution >= 0.6 is 0 Å². The van der Waals surface area contributed by atoms with Crippen molar-refractivity contribution in [1.29, 1.82) is 0 Å². The smallest absolute Gasteiger partial charge is 0.257 e. The van der Waals surface area contributed by atoms with Gasteiger partial charge in [-0.05, 0) is 32.9 Å². The van der Waals surface area contributed by atoms with Crippen LogP contribution < -0.4 is 10.7 Å². The monoisotopic (exact) mass is 260 g/mol. The summed E-state index contributed by atoms with van der Waals surface area (Å²) in [6.45, 7) is 5.40. The Morgan fingerprint density at radius 1 is 1.37 bits per heavy atom. The van der Waals surface area contributed by atoms with Crippen LogP contribution in [-0.4, -0.2) is 10.9 Å². The van der Waals surface area contributed by atoms with Gasteiger partial charge in [-0.1, -0.05) is 0 Å². The number of rotatable bonds is 3. The first kappa shape index (κ1) is 13.1. The number of H-pyrrole nitrogens is 1. The molecule has 2 rings (SSSR count). The van der Waals surface area contributed by atoms with Gasteiger partial charge < -0.3 is 14.7 Å². The number of nitrogens with one attached hydrogen (secondary N) is 2. The van der Waals surface area contributed by atoms with E-state index in [0.29, 0.717) is 5.76 Å². The first-order valence-electron chi connectivity index (χ1n) is 6.04. The molecule has 2 N–H and O–H groups in total. The molecule has 1 unspecified atom stereocenters. The van der Waals surface area contributed by atoms with Gasteiger partial charge in [0.25, 0.3) is 5.91 Å². The molecule has 2 heterocycles. The SMILES string of the molecule is Cc1cc(=O)c(C(=O)NC(C)c2ccc(C)o2)c[nH]1. The fraction of sp³-hybridized carbons (Fsp3) is 0.286. The molecule has 0 fully saturated rings. The van der Waals surface area contributed by atoms with Gasteiger partial charge in [0.1, 0.15) is 17.1 Å². The van der Waals surface area contributed by atoms with Crippen LogP contribution in [0, 0.1) is 13.8 Å². The summed E-state index contributed by atoms with van der Waals surface area (Å²) in [5.74, 6) is 1.03. The first-order valence-corrected chi connectivity index (χ1v) is 6.04. The van der Waals surface area contributed by atoms with Crippen LogP contribution in [0.15, 0.2) is 33.6 Å². The molecule has 0 saturated heterocycles. The normalized spacial score (nSPS) is 12.2. The predicted octanol–water partition coefficient (Wildman–Crippen LogP) is 2.08. The van der Waals surface area contributed by atoms with Crippen LogP contribution in [0.5, 0.6) is 0 Å². The zero-order valence-electron chi connectivity index (χ0n) is 11.1. The summed E-state index contributed by atoms with van der Waals surface area (Å²) < 4.78 is 5.43. The van der Waals surface area contributed by atoms with Gasteiger partial charge in [-0.3, -0.25) is 9.59 Å². The second-order valence-corrected chi connectivity index (χ2v) is 4.54. The summed E-state index contributed by atoms with van der Waals surface area (Å²) in [7, 11) is 0. The molecule has 19 heavy (non-hydrogen) atoms. The van der Waals surface area contributed by atoms with Crippen LogP contribution in [0.4, 0.5) is 0 Å². The van der Waals surface area contributed by atoms with Crippen LogP contribution in [-0.2, 0) is 0 Å². The lowest BCUT2D eigenvalue weighted by atomic mass is 10.2. The van der Waals surface area contributed by atoms with E-state index in [-0.39, 0.29) is 17.0 Å². The second-order valence-electron chi connectivity index (χ2n) is 4.54. The standard InChI is InChI=1S/C14H16N2O3/c1-8-6-12(17)11(7-15-8)14(18)16-10(3)13-5-4-9(2)19-13/h4-7,10H,1-3H3,(H,15,17)(H,16,18). The summed E-state index contributed by atoms with van der Waals surface area (Å²) in [6, 6.07) is 4.74. The number of aryl methyl sites for hydroxylation is 2. The number of carbonyl (C=O) groups excluding carboxylic acids is 1. The number of amides is 1. The Morgan fingerprint density at radius 3 is 2.68 bits per heavy atom. The van der Waals surface area contributed by atoms with Gasteiger partial charge >= 0.3 is 0 Å². The molecule has 5 heteroatoms. The van der Waals surface area contributed by atoms with Crippen molar-refractivity contribution in [3.8, 4) is 0 Å². The number of carbonyl (C=O) groups is 1. The Bertz CT molecular complexity index is 655. The van der Waals surface area contributed by atoms with Crippen LogP contribution in [0.2, 0.25) is 0 Å². The van der Waals surface area contributed by atoms with Crippen molar-refractivity contribution < 1.29 is 9.21 Å².